The minimum atomic E-state index is -1.35. The second-order valence-corrected chi connectivity index (χ2v) is 5.63. The standard InChI is InChI=1S/C15H20F3N/c1-9(2)19-8-10-4-3-5-11(10)12-6-7-13(16)15(18)14(12)17/h6-7,9-11,19H,3-5,8H2,1-2H3. The second kappa shape index (κ2) is 5.95. The molecule has 19 heavy (non-hydrogen) atoms. The highest BCUT2D eigenvalue weighted by Gasteiger charge is 2.31. The zero-order chi connectivity index (χ0) is 14.0. The van der Waals surface area contributed by atoms with Gasteiger partial charge in [0.2, 0.25) is 0 Å². The van der Waals surface area contributed by atoms with Gasteiger partial charge in [0.25, 0.3) is 0 Å². The molecule has 0 radical (unpaired) electrons. The maximum Gasteiger partial charge on any atom is 0.194 e. The Labute approximate surface area is 112 Å². The third-order valence-corrected chi connectivity index (χ3v) is 3.91. The van der Waals surface area contributed by atoms with Crippen molar-refractivity contribution < 1.29 is 13.2 Å². The van der Waals surface area contributed by atoms with Gasteiger partial charge in [-0.05, 0) is 42.9 Å². The van der Waals surface area contributed by atoms with E-state index in [-0.39, 0.29) is 5.92 Å². The fourth-order valence-electron chi connectivity index (χ4n) is 2.90. The Morgan fingerprint density at radius 1 is 1.16 bits per heavy atom. The van der Waals surface area contributed by atoms with Crippen LogP contribution in [-0.2, 0) is 0 Å². The number of benzene rings is 1. The van der Waals surface area contributed by atoms with E-state index >= 15 is 0 Å². The predicted octanol–water partition coefficient (Wildman–Crippen LogP) is 3.99. The summed E-state index contributed by atoms with van der Waals surface area (Å²) < 4.78 is 40.1. The molecule has 4 heteroatoms. The van der Waals surface area contributed by atoms with Crippen molar-refractivity contribution >= 4 is 0 Å². The van der Waals surface area contributed by atoms with E-state index in [0.717, 1.165) is 31.9 Å². The molecule has 1 fully saturated rings. The molecule has 1 N–H and O–H groups in total. The second-order valence-electron chi connectivity index (χ2n) is 5.63. The summed E-state index contributed by atoms with van der Waals surface area (Å²) in [5, 5.41) is 3.34. The molecule has 2 unspecified atom stereocenters. The van der Waals surface area contributed by atoms with Crippen LogP contribution in [0.4, 0.5) is 13.2 Å². The molecular formula is C15H20F3N. The van der Waals surface area contributed by atoms with Crippen LogP contribution in [-0.4, -0.2) is 12.6 Å². The van der Waals surface area contributed by atoms with E-state index in [1.807, 2.05) is 0 Å². The van der Waals surface area contributed by atoms with Crippen molar-refractivity contribution in [3.05, 3.63) is 35.1 Å². The first-order chi connectivity index (χ1) is 9.00. The molecule has 0 aromatic heterocycles. The van der Waals surface area contributed by atoms with E-state index in [4.69, 9.17) is 0 Å². The van der Waals surface area contributed by atoms with Gasteiger partial charge < -0.3 is 5.32 Å². The summed E-state index contributed by atoms with van der Waals surface area (Å²) in [5.41, 5.74) is 0.326. The van der Waals surface area contributed by atoms with Crippen LogP contribution in [0.1, 0.15) is 44.6 Å². The number of hydrogen-bond donors (Lipinski definition) is 1. The molecule has 2 rings (SSSR count). The van der Waals surface area contributed by atoms with Gasteiger partial charge in [-0.15, -0.1) is 0 Å². The molecule has 1 aromatic carbocycles. The Kier molecular flexibility index (Phi) is 4.50. The highest BCUT2D eigenvalue weighted by atomic mass is 19.2. The topological polar surface area (TPSA) is 12.0 Å². The van der Waals surface area contributed by atoms with Crippen LogP contribution in [0.15, 0.2) is 12.1 Å². The van der Waals surface area contributed by atoms with Crippen molar-refractivity contribution in [1.29, 1.82) is 0 Å². The van der Waals surface area contributed by atoms with E-state index < -0.39 is 17.5 Å². The van der Waals surface area contributed by atoms with Gasteiger partial charge in [-0.25, -0.2) is 13.2 Å². The first-order valence-corrected chi connectivity index (χ1v) is 6.87. The van der Waals surface area contributed by atoms with Gasteiger partial charge in [0.05, 0.1) is 0 Å². The number of halogens is 3. The summed E-state index contributed by atoms with van der Waals surface area (Å²) >= 11 is 0. The molecule has 0 heterocycles. The van der Waals surface area contributed by atoms with Gasteiger partial charge in [-0.2, -0.15) is 0 Å². The number of hydrogen-bond acceptors (Lipinski definition) is 1. The summed E-state index contributed by atoms with van der Waals surface area (Å²) in [6.07, 6.45) is 2.85. The molecule has 106 valence electrons. The zero-order valence-corrected chi connectivity index (χ0v) is 11.3. The van der Waals surface area contributed by atoms with Crippen LogP contribution in [0, 0.1) is 23.4 Å². The largest absolute Gasteiger partial charge is 0.314 e. The van der Waals surface area contributed by atoms with Gasteiger partial charge in [-0.1, -0.05) is 26.3 Å². The lowest BCUT2D eigenvalue weighted by Gasteiger charge is -2.22. The molecule has 0 aliphatic heterocycles. The van der Waals surface area contributed by atoms with Crippen LogP contribution >= 0.6 is 0 Å². The average molecular weight is 271 g/mol. The first-order valence-electron chi connectivity index (χ1n) is 6.87. The molecule has 0 saturated heterocycles. The van der Waals surface area contributed by atoms with Crippen molar-refractivity contribution in [3.63, 3.8) is 0 Å². The molecular weight excluding hydrogens is 251 g/mol. The van der Waals surface area contributed by atoms with Crippen LogP contribution < -0.4 is 5.32 Å². The Bertz CT molecular complexity index is 445. The fourth-order valence-corrected chi connectivity index (χ4v) is 2.90. The minimum absolute atomic E-state index is 0.0126. The van der Waals surface area contributed by atoms with Gasteiger partial charge in [0.1, 0.15) is 0 Å². The molecule has 0 bridgehead atoms. The summed E-state index contributed by atoms with van der Waals surface area (Å²) in [4.78, 5) is 0. The van der Waals surface area contributed by atoms with Crippen molar-refractivity contribution in [2.45, 2.75) is 45.1 Å². The van der Waals surface area contributed by atoms with Crippen molar-refractivity contribution in [2.75, 3.05) is 6.54 Å². The van der Waals surface area contributed by atoms with Crippen LogP contribution in [0.25, 0.3) is 0 Å². The van der Waals surface area contributed by atoms with E-state index in [1.165, 1.54) is 6.07 Å². The Hall–Kier alpha value is -1.03. The molecule has 1 aliphatic rings. The lowest BCUT2D eigenvalue weighted by molar-refractivity contribution is 0.396. The first kappa shape index (κ1) is 14.4. The maximum absolute atomic E-state index is 13.9. The van der Waals surface area contributed by atoms with E-state index in [1.54, 1.807) is 0 Å². The summed E-state index contributed by atoms with van der Waals surface area (Å²) in [6, 6.07) is 2.79. The Balaban J connectivity index is 2.18. The molecule has 1 aliphatic carbocycles. The summed E-state index contributed by atoms with van der Waals surface area (Å²) in [7, 11) is 0. The molecule has 0 spiro atoms. The average Bonchev–Trinajstić information content (AvgIpc) is 2.82. The number of nitrogens with one attached hydrogen (secondary N) is 1. The monoisotopic (exact) mass is 271 g/mol. The lowest BCUT2D eigenvalue weighted by Crippen LogP contribution is -2.30. The van der Waals surface area contributed by atoms with Crippen LogP contribution in [0.5, 0.6) is 0 Å². The minimum Gasteiger partial charge on any atom is -0.314 e. The van der Waals surface area contributed by atoms with Crippen molar-refractivity contribution in [2.24, 2.45) is 5.92 Å². The Morgan fingerprint density at radius 3 is 2.58 bits per heavy atom. The van der Waals surface area contributed by atoms with Crippen molar-refractivity contribution in [1.82, 2.24) is 5.32 Å². The quantitative estimate of drug-likeness (QED) is 0.817. The highest BCUT2D eigenvalue weighted by molar-refractivity contribution is 5.25. The SMILES string of the molecule is CC(C)NCC1CCCC1c1ccc(F)c(F)c1F. The highest BCUT2D eigenvalue weighted by Crippen LogP contribution is 2.40. The summed E-state index contributed by atoms with van der Waals surface area (Å²) in [6.45, 7) is 4.91. The van der Waals surface area contributed by atoms with Crippen molar-refractivity contribution in [3.8, 4) is 0 Å². The summed E-state index contributed by atoms with van der Waals surface area (Å²) in [5.74, 6) is -3.19. The normalized spacial score (nSPS) is 23.3. The van der Waals surface area contributed by atoms with E-state index in [2.05, 4.69) is 19.2 Å². The van der Waals surface area contributed by atoms with Crippen LogP contribution in [0.3, 0.4) is 0 Å². The predicted molar refractivity (Wildman–Crippen MR) is 69.5 cm³/mol. The van der Waals surface area contributed by atoms with E-state index in [9.17, 15) is 13.2 Å². The van der Waals surface area contributed by atoms with Gasteiger partial charge in [0, 0.05) is 6.04 Å². The molecule has 1 saturated carbocycles. The lowest BCUT2D eigenvalue weighted by atomic mass is 9.88. The number of rotatable bonds is 4. The van der Waals surface area contributed by atoms with Gasteiger partial charge >= 0.3 is 0 Å². The van der Waals surface area contributed by atoms with Gasteiger partial charge in [-0.3, -0.25) is 0 Å². The molecule has 1 aromatic rings. The molecule has 2 atom stereocenters. The Morgan fingerprint density at radius 2 is 1.89 bits per heavy atom. The zero-order valence-electron chi connectivity index (χ0n) is 11.3. The molecule has 0 amide bonds. The van der Waals surface area contributed by atoms with E-state index in [0.29, 0.717) is 17.5 Å². The smallest absolute Gasteiger partial charge is 0.194 e. The van der Waals surface area contributed by atoms with Gasteiger partial charge in [0.15, 0.2) is 17.5 Å². The maximum atomic E-state index is 13.9. The fraction of sp³-hybridized carbons (Fsp3) is 0.600. The van der Waals surface area contributed by atoms with Crippen LogP contribution in [0.2, 0.25) is 0 Å². The third-order valence-electron chi connectivity index (χ3n) is 3.91. The molecule has 1 nitrogen and oxygen atoms in total. The third kappa shape index (κ3) is 3.11.